The standard InChI is InChI=1S/C21H23N3O2/c1-15-7-17(11-23-20(15)10-22)21(25)8-18-13-26-14-19(9-21)24(18)12-16-5-3-2-4-6-16/h2-7,11,18-19,25H,8-9,12-14H2,1H3. The summed E-state index contributed by atoms with van der Waals surface area (Å²) < 4.78 is 5.78. The number of piperidine rings is 1. The van der Waals surface area contributed by atoms with Crippen molar-refractivity contribution in [1.29, 1.82) is 5.26 Å². The molecule has 2 aliphatic heterocycles. The maximum absolute atomic E-state index is 11.4. The quantitative estimate of drug-likeness (QED) is 0.922. The van der Waals surface area contributed by atoms with E-state index in [9.17, 15) is 5.11 Å². The van der Waals surface area contributed by atoms with Crippen molar-refractivity contribution in [2.24, 2.45) is 0 Å². The number of nitrogens with zero attached hydrogens (tertiary/aromatic N) is 3. The number of hydrogen-bond donors (Lipinski definition) is 1. The Balaban J connectivity index is 1.59. The van der Waals surface area contributed by atoms with Gasteiger partial charge in [0.1, 0.15) is 11.8 Å². The molecule has 2 aromatic rings. The van der Waals surface area contributed by atoms with E-state index in [1.165, 1.54) is 5.56 Å². The third kappa shape index (κ3) is 3.12. The zero-order valence-corrected chi connectivity index (χ0v) is 14.9. The summed E-state index contributed by atoms with van der Waals surface area (Å²) >= 11 is 0. The van der Waals surface area contributed by atoms with E-state index >= 15 is 0 Å². The molecule has 2 aliphatic rings. The summed E-state index contributed by atoms with van der Waals surface area (Å²) in [5.41, 5.74) is 2.41. The maximum Gasteiger partial charge on any atom is 0.143 e. The summed E-state index contributed by atoms with van der Waals surface area (Å²) in [5, 5.41) is 20.5. The van der Waals surface area contributed by atoms with Crippen LogP contribution in [0.2, 0.25) is 0 Å². The molecule has 0 saturated carbocycles. The van der Waals surface area contributed by atoms with Crippen molar-refractivity contribution in [3.05, 3.63) is 65.0 Å². The molecule has 1 N–H and O–H groups in total. The second-order valence-corrected chi connectivity index (χ2v) is 7.44. The third-order valence-corrected chi connectivity index (χ3v) is 5.63. The number of ether oxygens (including phenoxy) is 1. The van der Waals surface area contributed by atoms with Gasteiger partial charge >= 0.3 is 0 Å². The Labute approximate surface area is 153 Å². The van der Waals surface area contributed by atoms with Gasteiger partial charge in [0.15, 0.2) is 0 Å². The van der Waals surface area contributed by atoms with Crippen LogP contribution >= 0.6 is 0 Å². The van der Waals surface area contributed by atoms with Gasteiger partial charge in [-0.3, -0.25) is 4.90 Å². The number of fused-ring (bicyclic) bond motifs is 2. The topological polar surface area (TPSA) is 69.4 Å². The van der Waals surface area contributed by atoms with Crippen LogP contribution < -0.4 is 0 Å². The second kappa shape index (κ2) is 6.81. The molecule has 5 nitrogen and oxygen atoms in total. The molecule has 0 spiro atoms. The van der Waals surface area contributed by atoms with Crippen LogP contribution in [0.1, 0.15) is 35.2 Å². The molecule has 2 atom stereocenters. The van der Waals surface area contributed by atoms with Crippen LogP contribution in [0.15, 0.2) is 42.6 Å². The minimum absolute atomic E-state index is 0.170. The van der Waals surface area contributed by atoms with Crippen LogP contribution in [-0.2, 0) is 16.9 Å². The van der Waals surface area contributed by atoms with Crippen molar-refractivity contribution < 1.29 is 9.84 Å². The highest BCUT2D eigenvalue weighted by molar-refractivity contribution is 5.35. The molecular formula is C21H23N3O2. The molecule has 1 aromatic carbocycles. The number of pyridine rings is 1. The Kier molecular flexibility index (Phi) is 4.49. The zero-order valence-electron chi connectivity index (χ0n) is 14.9. The SMILES string of the molecule is Cc1cc(C2(O)CC3COCC(C2)N3Cc2ccccc2)cnc1C#N. The van der Waals surface area contributed by atoms with Crippen molar-refractivity contribution in [3.8, 4) is 6.07 Å². The van der Waals surface area contributed by atoms with Crippen LogP contribution in [0.5, 0.6) is 0 Å². The Hall–Kier alpha value is -2.26. The highest BCUT2D eigenvalue weighted by Gasteiger charge is 2.47. The number of aromatic nitrogens is 1. The molecule has 0 radical (unpaired) electrons. The number of aliphatic hydroxyl groups is 1. The van der Waals surface area contributed by atoms with Gasteiger partial charge in [-0.15, -0.1) is 0 Å². The van der Waals surface area contributed by atoms with Crippen molar-refractivity contribution in [2.45, 2.75) is 44.0 Å². The van der Waals surface area contributed by atoms with Gasteiger partial charge in [0, 0.05) is 30.4 Å². The Morgan fingerprint density at radius 1 is 1.27 bits per heavy atom. The van der Waals surface area contributed by atoms with E-state index in [0.717, 1.165) is 17.7 Å². The molecular weight excluding hydrogens is 326 g/mol. The van der Waals surface area contributed by atoms with E-state index in [1.807, 2.05) is 19.1 Å². The van der Waals surface area contributed by atoms with Crippen LogP contribution in [0.25, 0.3) is 0 Å². The fourth-order valence-corrected chi connectivity index (χ4v) is 4.28. The highest BCUT2D eigenvalue weighted by atomic mass is 16.5. The first-order chi connectivity index (χ1) is 12.6. The van der Waals surface area contributed by atoms with Gasteiger partial charge in [0.25, 0.3) is 0 Å². The van der Waals surface area contributed by atoms with Gasteiger partial charge in [-0.2, -0.15) is 5.26 Å². The zero-order chi connectivity index (χ0) is 18.1. The Bertz CT molecular complexity index is 817. The molecule has 2 saturated heterocycles. The van der Waals surface area contributed by atoms with Gasteiger partial charge in [-0.05, 0) is 37.0 Å². The van der Waals surface area contributed by atoms with E-state index in [0.29, 0.717) is 31.7 Å². The molecule has 2 fully saturated rings. The lowest BCUT2D eigenvalue weighted by Crippen LogP contribution is -2.60. The summed E-state index contributed by atoms with van der Waals surface area (Å²) in [6.45, 7) is 4.01. The van der Waals surface area contributed by atoms with Crippen LogP contribution in [-0.4, -0.2) is 40.3 Å². The first-order valence-electron chi connectivity index (χ1n) is 9.06. The molecule has 1 aromatic heterocycles. The van der Waals surface area contributed by atoms with Crippen molar-refractivity contribution in [3.63, 3.8) is 0 Å². The number of aryl methyl sites for hydroxylation is 1. The lowest BCUT2D eigenvalue weighted by Gasteiger charge is -2.51. The van der Waals surface area contributed by atoms with Gasteiger partial charge in [0.05, 0.1) is 18.8 Å². The first kappa shape index (κ1) is 17.2. The van der Waals surface area contributed by atoms with Gasteiger partial charge in [0.2, 0.25) is 0 Å². The van der Waals surface area contributed by atoms with Crippen LogP contribution in [0, 0.1) is 18.3 Å². The Morgan fingerprint density at radius 2 is 1.96 bits per heavy atom. The van der Waals surface area contributed by atoms with Gasteiger partial charge in [-0.25, -0.2) is 4.98 Å². The molecule has 5 heteroatoms. The average molecular weight is 349 g/mol. The minimum Gasteiger partial charge on any atom is -0.385 e. The Morgan fingerprint density at radius 3 is 2.58 bits per heavy atom. The van der Waals surface area contributed by atoms with Crippen LogP contribution in [0.3, 0.4) is 0 Å². The van der Waals surface area contributed by atoms with E-state index in [2.05, 4.69) is 40.2 Å². The summed E-state index contributed by atoms with van der Waals surface area (Å²) in [4.78, 5) is 6.70. The predicted octanol–water partition coefficient (Wildman–Crippen LogP) is 2.51. The van der Waals surface area contributed by atoms with Gasteiger partial charge < -0.3 is 9.84 Å². The number of nitriles is 1. The van der Waals surface area contributed by atoms with Crippen molar-refractivity contribution >= 4 is 0 Å². The normalized spacial score (nSPS) is 28.5. The lowest BCUT2D eigenvalue weighted by atomic mass is 9.77. The molecule has 2 unspecified atom stereocenters. The van der Waals surface area contributed by atoms with E-state index in [-0.39, 0.29) is 12.1 Å². The molecule has 134 valence electrons. The maximum atomic E-state index is 11.4. The molecule has 2 bridgehead atoms. The summed E-state index contributed by atoms with van der Waals surface area (Å²) in [5.74, 6) is 0. The molecule has 26 heavy (non-hydrogen) atoms. The molecule has 0 aliphatic carbocycles. The third-order valence-electron chi connectivity index (χ3n) is 5.63. The largest absolute Gasteiger partial charge is 0.385 e. The summed E-state index contributed by atoms with van der Waals surface area (Å²) in [7, 11) is 0. The average Bonchev–Trinajstić information content (AvgIpc) is 2.63. The fraction of sp³-hybridized carbons (Fsp3) is 0.429. The van der Waals surface area contributed by atoms with Gasteiger partial charge in [-0.1, -0.05) is 30.3 Å². The highest BCUT2D eigenvalue weighted by Crippen LogP contribution is 2.41. The van der Waals surface area contributed by atoms with Crippen LogP contribution in [0.4, 0.5) is 0 Å². The lowest BCUT2D eigenvalue weighted by molar-refractivity contribution is -0.149. The monoisotopic (exact) mass is 349 g/mol. The predicted molar refractivity (Wildman–Crippen MR) is 97.2 cm³/mol. The minimum atomic E-state index is -0.919. The van der Waals surface area contributed by atoms with Crippen molar-refractivity contribution in [2.75, 3.05) is 13.2 Å². The summed E-state index contributed by atoms with van der Waals surface area (Å²) in [6, 6.07) is 14.8. The number of hydrogen-bond acceptors (Lipinski definition) is 5. The molecule has 3 heterocycles. The molecule has 4 rings (SSSR count). The number of rotatable bonds is 3. The van der Waals surface area contributed by atoms with E-state index in [1.54, 1.807) is 6.20 Å². The summed E-state index contributed by atoms with van der Waals surface area (Å²) in [6.07, 6.45) is 2.89. The smallest absolute Gasteiger partial charge is 0.143 e. The second-order valence-electron chi connectivity index (χ2n) is 7.44. The van der Waals surface area contributed by atoms with E-state index in [4.69, 9.17) is 10.00 Å². The van der Waals surface area contributed by atoms with E-state index < -0.39 is 5.60 Å². The van der Waals surface area contributed by atoms with Crippen molar-refractivity contribution in [1.82, 2.24) is 9.88 Å². The number of benzene rings is 1. The fourth-order valence-electron chi connectivity index (χ4n) is 4.28. The first-order valence-corrected chi connectivity index (χ1v) is 9.06. The molecule has 0 amide bonds. The number of morpholine rings is 1.